The molecule has 1 fully saturated rings. The number of carbonyl (C=O) groups excluding carboxylic acids is 1. The topological polar surface area (TPSA) is 44.8 Å². The molecule has 0 radical (unpaired) electrons. The highest BCUT2D eigenvalue weighted by Crippen LogP contribution is 2.59. The summed E-state index contributed by atoms with van der Waals surface area (Å²) in [5.41, 5.74) is 1.76. The number of allylic oxidation sites excluding steroid dienone is 2. The van der Waals surface area contributed by atoms with Crippen LogP contribution in [0.25, 0.3) is 0 Å². The molecule has 0 amide bonds. The Balaban J connectivity index is 1.66. The van der Waals surface area contributed by atoms with E-state index in [4.69, 9.17) is 25.8 Å². The van der Waals surface area contributed by atoms with Crippen LogP contribution in [-0.2, 0) is 4.74 Å². The molecule has 0 unspecified atom stereocenters. The monoisotopic (exact) mass is 336 g/mol. The Kier molecular flexibility index (Phi) is 4.05. The highest BCUT2D eigenvalue weighted by molar-refractivity contribution is 6.33. The normalized spacial score (nSPS) is 23.3. The van der Waals surface area contributed by atoms with Gasteiger partial charge in [-0.1, -0.05) is 37.1 Å². The van der Waals surface area contributed by atoms with Crippen molar-refractivity contribution < 1.29 is 19.0 Å². The van der Waals surface area contributed by atoms with E-state index in [-0.39, 0.29) is 12.2 Å². The lowest BCUT2D eigenvalue weighted by molar-refractivity contribution is 0.0471. The number of hydrogen-bond acceptors (Lipinski definition) is 4. The largest absolute Gasteiger partial charge is 0.462 e. The van der Waals surface area contributed by atoms with Gasteiger partial charge in [-0.3, -0.25) is 0 Å². The first kappa shape index (κ1) is 16.2. The molecule has 1 heterocycles. The summed E-state index contributed by atoms with van der Waals surface area (Å²) in [5.74, 6) is 1.45. The van der Waals surface area contributed by atoms with Crippen LogP contribution in [0.1, 0.15) is 38.1 Å². The van der Waals surface area contributed by atoms with E-state index >= 15 is 0 Å². The number of fused-ring (bicyclic) bond motifs is 1. The molecular weight excluding hydrogens is 316 g/mol. The predicted octanol–water partition coefficient (Wildman–Crippen LogP) is 4.46. The quantitative estimate of drug-likeness (QED) is 0.601. The highest BCUT2D eigenvalue weighted by atomic mass is 35.5. The number of rotatable bonds is 4. The van der Waals surface area contributed by atoms with Gasteiger partial charge in [0.2, 0.25) is 6.79 Å². The molecule has 1 aromatic carbocycles. The summed E-state index contributed by atoms with van der Waals surface area (Å²) in [7, 11) is 0. The smallest absolute Gasteiger partial charge is 0.339 e. The second kappa shape index (κ2) is 5.75. The predicted molar refractivity (Wildman–Crippen MR) is 88.0 cm³/mol. The summed E-state index contributed by atoms with van der Waals surface area (Å²) in [6.45, 7) is 9.11. The fourth-order valence-corrected chi connectivity index (χ4v) is 3.34. The average molecular weight is 337 g/mol. The van der Waals surface area contributed by atoms with Gasteiger partial charge in [-0.15, -0.1) is 0 Å². The number of esters is 1. The summed E-state index contributed by atoms with van der Waals surface area (Å²) >= 11 is 6.14. The first-order valence-electron chi connectivity index (χ1n) is 7.72. The summed E-state index contributed by atoms with van der Waals surface area (Å²) in [5, 5.41) is 0.315. The van der Waals surface area contributed by atoms with E-state index in [2.05, 4.69) is 33.8 Å². The number of hydrogen-bond donors (Lipinski definition) is 0. The molecule has 0 bridgehead atoms. The van der Waals surface area contributed by atoms with E-state index in [1.807, 2.05) is 0 Å². The lowest BCUT2D eigenvalue weighted by atomic mass is 10.1. The van der Waals surface area contributed by atoms with E-state index < -0.39 is 5.97 Å². The van der Waals surface area contributed by atoms with Crippen LogP contribution in [0.2, 0.25) is 5.02 Å². The van der Waals surface area contributed by atoms with Crippen molar-refractivity contribution in [2.24, 2.45) is 17.3 Å². The molecule has 1 aliphatic heterocycles. The van der Waals surface area contributed by atoms with E-state index in [9.17, 15) is 4.79 Å². The maximum Gasteiger partial charge on any atom is 0.339 e. The van der Waals surface area contributed by atoms with Gasteiger partial charge in [0.05, 0.1) is 17.2 Å². The van der Waals surface area contributed by atoms with Gasteiger partial charge in [-0.05, 0) is 25.2 Å². The van der Waals surface area contributed by atoms with Gasteiger partial charge in [0, 0.05) is 18.1 Å². The van der Waals surface area contributed by atoms with Crippen LogP contribution in [-0.4, -0.2) is 19.4 Å². The molecule has 3 rings (SSSR count). The Bertz CT molecular complexity index is 674. The summed E-state index contributed by atoms with van der Waals surface area (Å²) in [6.07, 6.45) is 2.26. The summed E-state index contributed by atoms with van der Waals surface area (Å²) < 4.78 is 16.0. The van der Waals surface area contributed by atoms with Crippen molar-refractivity contribution in [3.63, 3.8) is 0 Å². The molecule has 4 nitrogen and oxygen atoms in total. The van der Waals surface area contributed by atoms with Gasteiger partial charge in [0.1, 0.15) is 0 Å². The molecule has 0 saturated heterocycles. The lowest BCUT2D eigenvalue weighted by Crippen LogP contribution is -2.10. The number of benzene rings is 1. The Morgan fingerprint density at radius 2 is 2.00 bits per heavy atom. The maximum atomic E-state index is 12.3. The lowest BCUT2D eigenvalue weighted by Gasteiger charge is -2.08. The standard InChI is InChI=1S/C18H21ClO4/c1-10(2)5-12-13(18(12,3)4)8-21-17(20)11-6-15-16(7-14(11)19)23-9-22-15/h5-7,12-13H,8-9H2,1-4H3/t12-,13+/m1/s1. The second-order valence-corrected chi connectivity index (χ2v) is 7.39. The van der Waals surface area contributed by atoms with Crippen LogP contribution in [0, 0.1) is 17.3 Å². The fourth-order valence-electron chi connectivity index (χ4n) is 3.11. The minimum absolute atomic E-state index is 0.144. The number of ether oxygens (including phenoxy) is 3. The fraction of sp³-hybridized carbons (Fsp3) is 0.500. The molecule has 5 heteroatoms. The van der Waals surface area contributed by atoms with Gasteiger partial charge >= 0.3 is 5.97 Å². The summed E-state index contributed by atoms with van der Waals surface area (Å²) in [6, 6.07) is 3.17. The molecule has 2 aliphatic rings. The van der Waals surface area contributed by atoms with Gasteiger partial charge in [0.15, 0.2) is 11.5 Å². The van der Waals surface area contributed by atoms with Crippen molar-refractivity contribution in [1.29, 1.82) is 0 Å². The Labute approximate surface area is 141 Å². The molecule has 23 heavy (non-hydrogen) atoms. The first-order valence-corrected chi connectivity index (χ1v) is 8.10. The molecule has 0 aromatic heterocycles. The highest BCUT2D eigenvalue weighted by Gasteiger charge is 2.56. The van der Waals surface area contributed by atoms with Gasteiger partial charge in [0.25, 0.3) is 0 Å². The van der Waals surface area contributed by atoms with Crippen LogP contribution in [0.15, 0.2) is 23.8 Å². The van der Waals surface area contributed by atoms with Crippen molar-refractivity contribution in [2.45, 2.75) is 27.7 Å². The molecule has 0 spiro atoms. The van der Waals surface area contributed by atoms with Crippen molar-refractivity contribution in [1.82, 2.24) is 0 Å². The van der Waals surface area contributed by atoms with Crippen molar-refractivity contribution in [3.05, 3.63) is 34.4 Å². The summed E-state index contributed by atoms with van der Waals surface area (Å²) in [4.78, 5) is 12.3. The van der Waals surface area contributed by atoms with Gasteiger partial charge in [-0.2, -0.15) is 0 Å². The van der Waals surface area contributed by atoms with E-state index in [1.165, 1.54) is 5.57 Å². The Morgan fingerprint density at radius 1 is 1.35 bits per heavy atom. The minimum Gasteiger partial charge on any atom is -0.462 e. The van der Waals surface area contributed by atoms with Crippen molar-refractivity contribution in [2.75, 3.05) is 13.4 Å². The van der Waals surface area contributed by atoms with Gasteiger partial charge < -0.3 is 14.2 Å². The minimum atomic E-state index is -0.424. The molecule has 124 valence electrons. The SMILES string of the molecule is CC(C)=C[C@@H]1[C@H](COC(=O)c2cc3c(cc2Cl)OCO3)C1(C)C. The van der Waals surface area contributed by atoms with E-state index in [0.29, 0.717) is 40.5 Å². The van der Waals surface area contributed by atoms with Crippen LogP contribution in [0.5, 0.6) is 11.5 Å². The van der Waals surface area contributed by atoms with Crippen LogP contribution >= 0.6 is 11.6 Å². The second-order valence-electron chi connectivity index (χ2n) is 6.98. The third-order valence-corrected chi connectivity index (χ3v) is 5.04. The Hall–Kier alpha value is -1.68. The zero-order chi connectivity index (χ0) is 16.8. The Morgan fingerprint density at radius 3 is 2.65 bits per heavy atom. The van der Waals surface area contributed by atoms with Crippen LogP contribution in [0.3, 0.4) is 0 Å². The van der Waals surface area contributed by atoms with E-state index in [0.717, 1.165) is 0 Å². The number of carbonyl (C=O) groups is 1. The van der Waals surface area contributed by atoms with Gasteiger partial charge in [-0.25, -0.2) is 4.79 Å². The zero-order valence-electron chi connectivity index (χ0n) is 13.8. The molecular formula is C18H21ClO4. The molecule has 1 saturated carbocycles. The molecule has 2 atom stereocenters. The molecule has 0 N–H and O–H groups in total. The van der Waals surface area contributed by atoms with Crippen molar-refractivity contribution >= 4 is 17.6 Å². The maximum absolute atomic E-state index is 12.3. The van der Waals surface area contributed by atoms with E-state index in [1.54, 1.807) is 12.1 Å². The zero-order valence-corrected chi connectivity index (χ0v) is 14.6. The van der Waals surface area contributed by atoms with Crippen molar-refractivity contribution in [3.8, 4) is 11.5 Å². The molecule has 1 aromatic rings. The third kappa shape index (κ3) is 3.05. The first-order chi connectivity index (χ1) is 10.8. The number of halogens is 1. The molecule has 1 aliphatic carbocycles. The van der Waals surface area contributed by atoms with Crippen LogP contribution in [0.4, 0.5) is 0 Å². The van der Waals surface area contributed by atoms with Crippen LogP contribution < -0.4 is 9.47 Å². The average Bonchev–Trinajstić information content (AvgIpc) is 2.82. The third-order valence-electron chi connectivity index (χ3n) is 4.73.